The number of nitrogens with zero attached hydrogens (tertiary/aromatic N) is 2. The van der Waals surface area contributed by atoms with E-state index < -0.39 is 57.9 Å². The zero-order valence-electron chi connectivity index (χ0n) is 75.5. The Bertz CT molecular complexity index is 2800. The van der Waals surface area contributed by atoms with Crippen molar-refractivity contribution in [3.8, 4) is 0 Å². The van der Waals surface area contributed by atoms with Crippen molar-refractivity contribution in [2.45, 2.75) is 283 Å². The Labute approximate surface area is 734 Å². The minimum absolute atomic E-state index is 0. The smallest absolute Gasteiger partial charge is 0 e. The van der Waals surface area contributed by atoms with Crippen molar-refractivity contribution in [3.63, 3.8) is 0 Å². The number of halogens is 13. The van der Waals surface area contributed by atoms with Crippen LogP contribution in [0.3, 0.4) is 0 Å². The second kappa shape index (κ2) is 58.7. The van der Waals surface area contributed by atoms with Crippen LogP contribution in [0.25, 0.3) is 0 Å². The van der Waals surface area contributed by atoms with E-state index in [1.54, 1.807) is 0 Å². The maximum atomic E-state index is 12.1. The van der Waals surface area contributed by atoms with Gasteiger partial charge in [-0.05, 0) is 190 Å². The van der Waals surface area contributed by atoms with E-state index in [9.17, 15) is 52.7 Å². The Balaban J connectivity index is -0.000000236. The molecule has 0 aromatic heterocycles. The quantitative estimate of drug-likeness (QED) is 0.0674. The summed E-state index contributed by atoms with van der Waals surface area (Å²) in [4.78, 5) is 10.2. The molecule has 667 valence electrons. The van der Waals surface area contributed by atoms with E-state index in [1.165, 1.54) is 46.5 Å². The van der Waals surface area contributed by atoms with E-state index in [1.807, 2.05) is 13.8 Å². The minimum atomic E-state index is -4.84. The number of hydrogen-bond donors (Lipinski definition) is 0. The Morgan fingerprint density at radius 3 is 0.614 bits per heavy atom. The van der Waals surface area contributed by atoms with Crippen molar-refractivity contribution in [2.75, 3.05) is 13.2 Å². The van der Waals surface area contributed by atoms with Gasteiger partial charge in [-0.2, -0.15) is 52.7 Å². The molecule has 0 amide bonds. The summed E-state index contributed by atoms with van der Waals surface area (Å²) in [5, 5.41) is 0. The maximum Gasteiger partial charge on any atom is 0 e. The number of hydrogen-bond acceptors (Lipinski definition) is 3. The number of rotatable bonds is 10. The minimum Gasteiger partial charge on any atom is 0 e. The number of aliphatic imine (C=N–C) groups is 2. The van der Waals surface area contributed by atoms with Crippen molar-refractivity contribution < 1.29 is 123 Å². The molecule has 4 saturated carbocycles. The van der Waals surface area contributed by atoms with E-state index in [2.05, 4.69) is 281 Å². The van der Waals surface area contributed by atoms with Gasteiger partial charge in [0.1, 0.15) is 15.7 Å². The second-order valence-electron chi connectivity index (χ2n) is 33.2. The molecule has 4 aromatic rings. The van der Waals surface area contributed by atoms with Crippen LogP contribution in [0.1, 0.15) is 303 Å². The van der Waals surface area contributed by atoms with Crippen LogP contribution in [-0.2, 0) is 94.6 Å². The molecular weight excluding hydrogens is 1660 g/mol. The molecule has 0 bridgehead atoms. The van der Waals surface area contributed by atoms with Gasteiger partial charge in [-0.25, -0.2) is 0 Å². The van der Waals surface area contributed by atoms with Crippen LogP contribution in [0.5, 0.6) is 0 Å². The summed E-state index contributed by atoms with van der Waals surface area (Å²) in [6.07, 6.45) is -12.3. The molecule has 4 aliphatic rings. The monoisotopic (exact) mass is 1810 g/mol. The van der Waals surface area contributed by atoms with Crippen molar-refractivity contribution in [1.29, 1.82) is 0 Å². The van der Waals surface area contributed by atoms with Crippen LogP contribution in [0.4, 0.5) is 64.1 Å². The summed E-state index contributed by atoms with van der Waals surface area (Å²) in [5.41, 5.74) is 1.20. The van der Waals surface area contributed by atoms with E-state index in [-0.39, 0.29) is 77.6 Å². The van der Waals surface area contributed by atoms with Crippen molar-refractivity contribution in [2.24, 2.45) is 128 Å². The second-order valence-corrected chi connectivity index (χ2v) is 33.2. The van der Waals surface area contributed by atoms with Gasteiger partial charge in [0.25, 0.3) is 0 Å². The molecule has 8 rings (SSSR count). The first-order valence-electron chi connectivity index (χ1n) is 40.2. The summed E-state index contributed by atoms with van der Waals surface area (Å²) in [6.45, 7) is 75.5. The van der Waals surface area contributed by atoms with Gasteiger partial charge in [-0.1, -0.05) is 292 Å². The summed E-state index contributed by atoms with van der Waals surface area (Å²) in [5.74, 6) is 18.6. The molecule has 4 aromatic carbocycles. The third-order valence-electron chi connectivity index (χ3n) is 24.8. The first-order chi connectivity index (χ1) is 50.1. The van der Waals surface area contributed by atoms with Crippen LogP contribution >= 0.6 is 10.2 Å². The predicted molar refractivity (Wildman–Crippen MR) is 454 cm³/mol. The summed E-state index contributed by atoms with van der Waals surface area (Å²) >= 11 is 3.35. The predicted octanol–water partition coefficient (Wildman–Crippen LogP) is 30.5. The van der Waals surface area contributed by atoms with Gasteiger partial charge in [0.15, 0.2) is 0 Å². The largest absolute Gasteiger partial charge is 0 e. The molecule has 4 radical (unpaired) electrons. The Hall–Kier alpha value is -2.21. The van der Waals surface area contributed by atoms with Crippen molar-refractivity contribution >= 4 is 60.6 Å². The molecule has 4 fully saturated rings. The van der Waals surface area contributed by atoms with E-state index in [0.717, 1.165) is 120 Å². The fraction of sp³-hybridized carbons (Fsp3) is 0.696. The van der Waals surface area contributed by atoms with Crippen molar-refractivity contribution in [3.05, 3.63) is 132 Å². The van der Waals surface area contributed by atoms with Gasteiger partial charge in [0, 0.05) is 76.3 Å². The molecule has 0 heterocycles. The third-order valence-corrected chi connectivity index (χ3v) is 24.8. The molecular formula is C92H148B2ClF12Fe2N2Ni2O-2. The Morgan fingerprint density at radius 1 is 0.342 bits per heavy atom. The Kier molecular flexibility index (Phi) is 64.4. The Morgan fingerprint density at radius 2 is 0.491 bits per heavy atom. The van der Waals surface area contributed by atoms with Gasteiger partial charge < -0.3 is 19.6 Å². The van der Waals surface area contributed by atoms with Gasteiger partial charge in [0.2, 0.25) is 0 Å². The molecule has 0 aliphatic heterocycles. The fourth-order valence-corrected chi connectivity index (χ4v) is 15.4. The standard InChI is InChI=1S/2C22H35N.2C10H20.2C8H3BF6.C4H10O.2C3H8.2CH3.ClH.2Fe.2Ni/c2*1-13(2)19-10-9-11-20(14(3)4)22(19)23-12-21-17(7)15(5)16(6)18(21)8;2*1-6-7(2)9(4)10(5)8(6)3;2*9-6-2-4(7(10,11)12)1-5(3-6)8(13,14)15;1-3-5-4-2;2*1-3-2;;;;;;;/h2*9-18,21H,1-8H3;2*6-10H,1-5H3;2*1-3H;3-4H2,1-2H3;2*3H2,1-2H3;2*1H3;1H;;;;/q;;;;;;;;;2*-1;;;;;+1/p-1. The molecule has 0 spiro atoms. The van der Waals surface area contributed by atoms with Crippen LogP contribution in [0.15, 0.2) is 82.8 Å². The van der Waals surface area contributed by atoms with E-state index >= 15 is 0 Å². The van der Waals surface area contributed by atoms with Gasteiger partial charge in [-0.3, -0.25) is 9.98 Å². The number of para-hydroxylation sites is 2. The average molecular weight is 1810 g/mol. The third kappa shape index (κ3) is 39.3. The molecule has 0 saturated heterocycles. The molecule has 22 heteroatoms. The molecule has 8 unspecified atom stereocenters. The average Bonchev–Trinajstić information content (AvgIpc) is 1.73. The zero-order chi connectivity index (χ0) is 85.6. The van der Waals surface area contributed by atoms with Crippen LogP contribution < -0.4 is 10.9 Å². The molecule has 3 nitrogen and oxygen atoms in total. The van der Waals surface area contributed by atoms with E-state index in [4.69, 9.17) is 30.4 Å². The zero-order valence-corrected chi connectivity index (χ0v) is 80.4. The van der Waals surface area contributed by atoms with Crippen LogP contribution in [0.2, 0.25) is 0 Å². The molecule has 4 aliphatic carbocycles. The van der Waals surface area contributed by atoms with Crippen molar-refractivity contribution in [1.82, 2.24) is 0 Å². The summed E-state index contributed by atoms with van der Waals surface area (Å²) < 4.78 is 150. The fourth-order valence-electron chi connectivity index (χ4n) is 15.4. The topological polar surface area (TPSA) is 34.0 Å². The first kappa shape index (κ1) is 125. The number of alkyl halides is 12. The van der Waals surface area contributed by atoms with Crippen LogP contribution in [-0.4, -0.2) is 41.3 Å². The van der Waals surface area contributed by atoms with Crippen LogP contribution in [0, 0.1) is 133 Å². The van der Waals surface area contributed by atoms with E-state index in [0.29, 0.717) is 59.8 Å². The summed E-state index contributed by atoms with van der Waals surface area (Å²) in [6, 6.07) is 15.2. The summed E-state index contributed by atoms with van der Waals surface area (Å²) in [7, 11) is 14.2. The molecule has 114 heavy (non-hydrogen) atoms. The number of ether oxygens (including phenoxy) is 1. The van der Waals surface area contributed by atoms with Gasteiger partial charge in [0.05, 0.1) is 33.6 Å². The maximum absolute atomic E-state index is 12.1. The van der Waals surface area contributed by atoms with Gasteiger partial charge in [-0.15, -0.1) is 0 Å². The molecule has 0 N–H and O–H groups in total. The number of benzene rings is 4. The molecule has 8 atom stereocenters. The SMILES string of the molecule is CC(C)c1cccc(C(C)C)c1N=CC1C(C)C(C)C(C)C1C.CC(C)c1cccc(C(C)C)c1N=CC1C(C)C(C)C(C)C1C.CC1C(C)C(C)C(C)C1C.CC1C(C)C(C)C(C)C1C.CCC.CCC.CCOCC.[B]c1cc(C(F)(F)F)cc(C(F)(F)F)c1.[B]c1cc(C(F)(F)F)cc(C(F)(F)F)c1.[CH3-].[CH3-].[Cl][Ni].[Fe].[Fe].[Ni]. The normalized spacial score (nSPS) is 26.7. The first-order valence-corrected chi connectivity index (χ1v) is 41.6. The van der Waals surface area contributed by atoms with Gasteiger partial charge >= 0.3 is 49.5 Å².